The smallest absolute Gasteiger partial charge is 0.252 e. The second-order valence-corrected chi connectivity index (χ2v) is 26.6. The lowest BCUT2D eigenvalue weighted by Gasteiger charge is -2.43. The summed E-state index contributed by atoms with van der Waals surface area (Å²) in [5.41, 5.74) is 23.2. The molecule has 0 unspecified atom stereocenters. The lowest BCUT2D eigenvalue weighted by atomic mass is 9.33. The number of aromatic nitrogens is 1. The minimum atomic E-state index is -0.213. The summed E-state index contributed by atoms with van der Waals surface area (Å²) in [6.45, 7) is 28.2. The van der Waals surface area contributed by atoms with Gasteiger partial charge in [-0.3, -0.25) is 0 Å². The molecule has 0 saturated heterocycles. The molecular formula is C76H71BN2. The van der Waals surface area contributed by atoms with Crippen LogP contribution in [0, 0.1) is 0 Å². The maximum Gasteiger partial charge on any atom is 0.252 e. The molecule has 0 radical (unpaired) electrons. The molecule has 2 aliphatic rings. The summed E-state index contributed by atoms with van der Waals surface area (Å²) in [7, 11) is 0. The van der Waals surface area contributed by atoms with Gasteiger partial charge in [-0.05, 0) is 134 Å². The zero-order valence-corrected chi connectivity index (χ0v) is 48.2. The third-order valence-electron chi connectivity index (χ3n) is 17.2. The lowest BCUT2D eigenvalue weighted by molar-refractivity contribution is 0.569. The van der Waals surface area contributed by atoms with E-state index in [0.717, 1.165) is 0 Å². The largest absolute Gasteiger partial charge is 0.310 e. The van der Waals surface area contributed by atoms with Gasteiger partial charge in [0.25, 0.3) is 6.71 Å². The number of para-hydroxylation sites is 2. The highest BCUT2D eigenvalue weighted by molar-refractivity contribution is 7.00. The normalized spacial score (nSPS) is 13.3. The minimum absolute atomic E-state index is 0.0631. The van der Waals surface area contributed by atoms with Crippen LogP contribution >= 0.6 is 0 Å². The summed E-state index contributed by atoms with van der Waals surface area (Å²) < 4.78 is 2.70. The summed E-state index contributed by atoms with van der Waals surface area (Å²) in [5.74, 6) is 0. The number of hydrogen-bond acceptors (Lipinski definition) is 1. The highest BCUT2D eigenvalue weighted by atomic mass is 15.2. The van der Waals surface area contributed by atoms with E-state index in [9.17, 15) is 0 Å². The van der Waals surface area contributed by atoms with Crippen molar-refractivity contribution in [2.24, 2.45) is 0 Å². The number of rotatable bonds is 4. The van der Waals surface area contributed by atoms with Gasteiger partial charge in [0, 0.05) is 44.5 Å². The summed E-state index contributed by atoms with van der Waals surface area (Å²) in [4.78, 5) is 2.70. The van der Waals surface area contributed by atoms with E-state index in [4.69, 9.17) is 0 Å². The van der Waals surface area contributed by atoms with Gasteiger partial charge in [-0.25, -0.2) is 0 Å². The molecule has 2 nitrogen and oxygen atoms in total. The SMILES string of the molecule is CC(C)(C)c1cc(-c2cc3c4c(c2)c2ccccc2c2ccccc2c2ccccc2n4-c2cc(C(C)(C)C)cc4c2B3c2ccc(C(C)(C)C)cc2N4c2c(-c3ccccc3)cccc2-c2ccccc2)cc(C(C)(C)C)c1. The molecule has 0 atom stereocenters. The second-order valence-electron chi connectivity index (χ2n) is 26.6. The van der Waals surface area contributed by atoms with Gasteiger partial charge in [-0.15, -0.1) is 0 Å². The van der Waals surface area contributed by atoms with Gasteiger partial charge in [0.05, 0.1) is 11.2 Å². The summed E-state index contributed by atoms with van der Waals surface area (Å²) in [5, 5.41) is 7.37. The summed E-state index contributed by atoms with van der Waals surface area (Å²) >= 11 is 0. The van der Waals surface area contributed by atoms with Crippen LogP contribution in [0.25, 0.3) is 82.4 Å². The van der Waals surface area contributed by atoms with Crippen LogP contribution in [0.1, 0.15) is 105 Å². The van der Waals surface area contributed by atoms with E-state index in [0.29, 0.717) is 0 Å². The van der Waals surface area contributed by atoms with Crippen LogP contribution in [0.3, 0.4) is 0 Å². The molecule has 3 heterocycles. The average Bonchev–Trinajstić information content (AvgIpc) is 2.78. The molecule has 0 fully saturated rings. The number of hydrogen-bond donors (Lipinski definition) is 0. The summed E-state index contributed by atoms with van der Waals surface area (Å²) in [6.07, 6.45) is 0. The van der Waals surface area contributed by atoms with Crippen LogP contribution in [0.15, 0.2) is 212 Å². The van der Waals surface area contributed by atoms with E-state index in [-0.39, 0.29) is 28.4 Å². The fraction of sp³-hybridized carbons (Fsp3) is 0.211. The third kappa shape index (κ3) is 8.39. The molecule has 388 valence electrons. The highest BCUT2D eigenvalue weighted by Gasteiger charge is 2.44. The zero-order chi connectivity index (χ0) is 54.9. The van der Waals surface area contributed by atoms with E-state index < -0.39 is 0 Å². The van der Waals surface area contributed by atoms with Crippen LogP contribution in [0.2, 0.25) is 0 Å². The molecule has 0 spiro atoms. The van der Waals surface area contributed by atoms with E-state index >= 15 is 0 Å². The first kappa shape index (κ1) is 50.4. The van der Waals surface area contributed by atoms with Gasteiger partial charge in [0.2, 0.25) is 0 Å². The Bertz CT molecular complexity index is 4250. The number of anilines is 3. The van der Waals surface area contributed by atoms with Crippen LogP contribution in [0.4, 0.5) is 17.1 Å². The Kier molecular flexibility index (Phi) is 11.6. The van der Waals surface area contributed by atoms with Crippen LogP contribution in [-0.4, -0.2) is 11.3 Å². The third-order valence-corrected chi connectivity index (χ3v) is 17.2. The molecule has 0 bridgehead atoms. The molecule has 2 aliphatic heterocycles. The van der Waals surface area contributed by atoms with Crippen molar-refractivity contribution in [3.63, 3.8) is 0 Å². The van der Waals surface area contributed by atoms with Gasteiger partial charge in [0.1, 0.15) is 0 Å². The predicted octanol–water partition coefficient (Wildman–Crippen LogP) is 19.0. The Morgan fingerprint density at radius 2 is 0.747 bits per heavy atom. The molecule has 11 aromatic rings. The van der Waals surface area contributed by atoms with Crippen LogP contribution in [-0.2, 0) is 21.7 Å². The molecular weight excluding hydrogens is 952 g/mol. The van der Waals surface area contributed by atoms with Crippen molar-refractivity contribution in [2.75, 3.05) is 4.90 Å². The average molecular weight is 1020 g/mol. The van der Waals surface area contributed by atoms with Crippen molar-refractivity contribution in [1.82, 2.24) is 4.57 Å². The minimum Gasteiger partial charge on any atom is -0.310 e. The molecule has 3 heteroatoms. The monoisotopic (exact) mass is 1020 g/mol. The molecule has 13 rings (SSSR count). The van der Waals surface area contributed by atoms with Crippen molar-refractivity contribution in [1.29, 1.82) is 0 Å². The number of benzene rings is 10. The zero-order valence-electron chi connectivity index (χ0n) is 48.2. The van der Waals surface area contributed by atoms with Crippen molar-refractivity contribution in [3.05, 3.63) is 235 Å². The van der Waals surface area contributed by atoms with Gasteiger partial charge >= 0.3 is 0 Å². The highest BCUT2D eigenvalue weighted by Crippen LogP contribution is 2.50. The van der Waals surface area contributed by atoms with Gasteiger partial charge in [-0.1, -0.05) is 265 Å². The van der Waals surface area contributed by atoms with Crippen molar-refractivity contribution in [2.45, 2.75) is 105 Å². The van der Waals surface area contributed by atoms with Crippen molar-refractivity contribution < 1.29 is 0 Å². The van der Waals surface area contributed by atoms with E-state index in [1.807, 2.05) is 0 Å². The maximum atomic E-state index is 2.70. The van der Waals surface area contributed by atoms with Gasteiger partial charge < -0.3 is 9.47 Å². The first-order valence-electron chi connectivity index (χ1n) is 28.5. The lowest BCUT2D eigenvalue weighted by Crippen LogP contribution is -2.61. The topological polar surface area (TPSA) is 8.17 Å². The van der Waals surface area contributed by atoms with E-state index in [1.54, 1.807) is 0 Å². The predicted molar refractivity (Wildman–Crippen MR) is 344 cm³/mol. The fourth-order valence-corrected chi connectivity index (χ4v) is 12.8. The first-order chi connectivity index (χ1) is 37.7. The fourth-order valence-electron chi connectivity index (χ4n) is 12.8. The Morgan fingerprint density at radius 3 is 1.29 bits per heavy atom. The quantitative estimate of drug-likeness (QED) is 0.160. The summed E-state index contributed by atoms with van der Waals surface area (Å²) in [6, 6.07) is 81.8. The number of nitrogens with zero attached hydrogens (tertiary/aromatic N) is 2. The van der Waals surface area contributed by atoms with Crippen LogP contribution in [0.5, 0.6) is 0 Å². The maximum absolute atomic E-state index is 2.70. The molecule has 79 heavy (non-hydrogen) atoms. The van der Waals surface area contributed by atoms with Crippen molar-refractivity contribution in [3.8, 4) is 39.1 Å². The molecule has 0 saturated carbocycles. The van der Waals surface area contributed by atoms with E-state index in [1.165, 1.54) is 138 Å². The molecule has 10 aromatic carbocycles. The Hall–Kier alpha value is -8.14. The Morgan fingerprint density at radius 1 is 0.304 bits per heavy atom. The second kappa shape index (κ2) is 18.2. The van der Waals surface area contributed by atoms with Gasteiger partial charge in [0.15, 0.2) is 0 Å². The first-order valence-corrected chi connectivity index (χ1v) is 28.5. The van der Waals surface area contributed by atoms with Gasteiger partial charge in [-0.2, -0.15) is 0 Å². The number of fused-ring (bicyclic) bond motifs is 11. The molecule has 0 amide bonds. The molecule has 1 aromatic heterocycles. The van der Waals surface area contributed by atoms with E-state index in [2.05, 4.69) is 305 Å². The van der Waals surface area contributed by atoms with Crippen LogP contribution < -0.4 is 21.3 Å². The Labute approximate surface area is 468 Å². The Balaban J connectivity index is 1.30. The molecule has 0 aliphatic carbocycles. The standard InChI is InChI=1S/C76H71BN2/c1-73(2,3)52-38-39-64-67(45-52)79(71-56(48-26-15-13-16-27-48)35-25-36-57(71)49-28-17-14-18-29-49)69-47-55(76(10,11)12)46-68-70(69)77(64)65-43-51(50-40-53(74(4,5)6)44-54(41-50)75(7,8)9)42-63-61-33-22-20-31-59(61)58-30-19-21-32-60(58)62-34-23-24-37-66(62)78(68)72(63)65/h13-47H,1-12H3. The molecule has 0 N–H and O–H groups in total. The van der Waals surface area contributed by atoms with Crippen molar-refractivity contribution >= 4 is 83.5 Å².